The number of sulfonamides is 1. The summed E-state index contributed by atoms with van der Waals surface area (Å²) >= 11 is 0. The SMILES string of the molecule is CC(C)(C)CC(CNS(=O)(=O)c1cn[nH]c1)C(=O)O. The third-order valence-corrected chi connectivity index (χ3v) is 3.90. The fourth-order valence-electron chi connectivity index (χ4n) is 1.67. The molecule has 0 aliphatic heterocycles. The number of carbonyl (C=O) groups is 1. The molecule has 1 aromatic rings. The molecule has 0 fully saturated rings. The van der Waals surface area contributed by atoms with Crippen LogP contribution in [0.1, 0.15) is 27.2 Å². The number of carboxylic acids is 1. The fourth-order valence-corrected chi connectivity index (χ4v) is 2.65. The molecule has 1 heterocycles. The molecule has 0 bridgehead atoms. The number of aliphatic carboxylic acids is 1. The first kappa shape index (κ1) is 15.6. The molecule has 108 valence electrons. The first-order valence-corrected chi connectivity index (χ1v) is 7.31. The maximum atomic E-state index is 11.8. The van der Waals surface area contributed by atoms with Gasteiger partial charge in [0.25, 0.3) is 0 Å². The summed E-state index contributed by atoms with van der Waals surface area (Å²) in [5.41, 5.74) is -0.190. The molecular weight excluding hydrogens is 270 g/mol. The molecule has 0 aliphatic carbocycles. The molecule has 8 heteroatoms. The lowest BCUT2D eigenvalue weighted by atomic mass is 9.85. The second-order valence-electron chi connectivity index (χ2n) is 5.59. The summed E-state index contributed by atoms with van der Waals surface area (Å²) in [7, 11) is -3.71. The van der Waals surface area contributed by atoms with E-state index >= 15 is 0 Å². The summed E-state index contributed by atoms with van der Waals surface area (Å²) in [6.07, 6.45) is 2.79. The van der Waals surface area contributed by atoms with Crippen molar-refractivity contribution in [1.82, 2.24) is 14.9 Å². The molecule has 1 rings (SSSR count). The number of hydrogen-bond acceptors (Lipinski definition) is 4. The van der Waals surface area contributed by atoms with E-state index in [0.29, 0.717) is 6.42 Å². The first-order valence-electron chi connectivity index (χ1n) is 5.83. The molecule has 0 saturated carbocycles. The van der Waals surface area contributed by atoms with E-state index in [1.807, 2.05) is 20.8 Å². The monoisotopic (exact) mass is 289 g/mol. The largest absolute Gasteiger partial charge is 0.481 e. The Bertz CT molecular complexity index is 517. The van der Waals surface area contributed by atoms with E-state index in [1.165, 1.54) is 12.4 Å². The Kier molecular flexibility index (Phi) is 4.70. The van der Waals surface area contributed by atoms with Gasteiger partial charge < -0.3 is 5.11 Å². The van der Waals surface area contributed by atoms with Crippen LogP contribution in [0, 0.1) is 11.3 Å². The normalized spacial score (nSPS) is 14.3. The van der Waals surface area contributed by atoms with E-state index in [9.17, 15) is 13.2 Å². The van der Waals surface area contributed by atoms with Crippen LogP contribution in [0.5, 0.6) is 0 Å². The number of aromatic nitrogens is 2. The Morgan fingerprint density at radius 3 is 2.58 bits per heavy atom. The fraction of sp³-hybridized carbons (Fsp3) is 0.636. The minimum Gasteiger partial charge on any atom is -0.481 e. The van der Waals surface area contributed by atoms with Gasteiger partial charge >= 0.3 is 5.97 Å². The van der Waals surface area contributed by atoms with Crippen LogP contribution in [0.15, 0.2) is 17.3 Å². The third-order valence-electron chi connectivity index (χ3n) is 2.51. The standard InChI is InChI=1S/C11H19N3O4S/c1-11(2,3)4-8(10(15)16)5-14-19(17,18)9-6-12-13-7-9/h6-8,14H,4-5H2,1-3H3,(H,12,13)(H,15,16). The molecule has 0 radical (unpaired) electrons. The van der Waals surface area contributed by atoms with Crippen molar-refractivity contribution in [3.05, 3.63) is 12.4 Å². The van der Waals surface area contributed by atoms with Crippen LogP contribution in [0.4, 0.5) is 0 Å². The van der Waals surface area contributed by atoms with Crippen molar-refractivity contribution in [3.63, 3.8) is 0 Å². The van der Waals surface area contributed by atoms with Crippen molar-refractivity contribution in [2.75, 3.05) is 6.54 Å². The number of H-pyrrole nitrogens is 1. The molecule has 19 heavy (non-hydrogen) atoms. The van der Waals surface area contributed by atoms with Crippen molar-refractivity contribution in [2.45, 2.75) is 32.1 Å². The van der Waals surface area contributed by atoms with Gasteiger partial charge in [-0.2, -0.15) is 5.10 Å². The van der Waals surface area contributed by atoms with E-state index in [2.05, 4.69) is 14.9 Å². The van der Waals surface area contributed by atoms with Crippen molar-refractivity contribution in [2.24, 2.45) is 11.3 Å². The van der Waals surface area contributed by atoms with Crippen LogP contribution in [0.25, 0.3) is 0 Å². The lowest BCUT2D eigenvalue weighted by molar-refractivity contribution is -0.142. The highest BCUT2D eigenvalue weighted by atomic mass is 32.2. The number of hydrogen-bond donors (Lipinski definition) is 3. The molecule has 1 atom stereocenters. The van der Waals surface area contributed by atoms with E-state index in [-0.39, 0.29) is 16.9 Å². The van der Waals surface area contributed by atoms with Crippen LogP contribution in [-0.2, 0) is 14.8 Å². The zero-order chi connectivity index (χ0) is 14.7. The van der Waals surface area contributed by atoms with Gasteiger partial charge in [0.1, 0.15) is 4.90 Å². The summed E-state index contributed by atoms with van der Waals surface area (Å²) in [5.74, 6) is -1.77. The highest BCUT2D eigenvalue weighted by Gasteiger charge is 2.26. The predicted molar refractivity (Wildman–Crippen MR) is 69.0 cm³/mol. The Morgan fingerprint density at radius 1 is 1.53 bits per heavy atom. The highest BCUT2D eigenvalue weighted by Crippen LogP contribution is 2.24. The molecule has 1 aromatic heterocycles. The molecule has 0 spiro atoms. The van der Waals surface area contributed by atoms with Gasteiger partial charge in [-0.25, -0.2) is 13.1 Å². The topological polar surface area (TPSA) is 112 Å². The third kappa shape index (κ3) is 4.99. The van der Waals surface area contributed by atoms with Gasteiger partial charge in [-0.05, 0) is 11.8 Å². The summed E-state index contributed by atoms with van der Waals surface area (Å²) in [4.78, 5) is 11.1. The first-order chi connectivity index (χ1) is 8.62. The Morgan fingerprint density at radius 2 is 2.16 bits per heavy atom. The van der Waals surface area contributed by atoms with Crippen LogP contribution < -0.4 is 4.72 Å². The molecule has 1 unspecified atom stereocenters. The number of nitrogens with one attached hydrogen (secondary N) is 2. The maximum Gasteiger partial charge on any atom is 0.307 e. The number of rotatable bonds is 6. The van der Waals surface area contributed by atoms with Gasteiger partial charge in [0.2, 0.25) is 10.0 Å². The van der Waals surface area contributed by atoms with Crippen molar-refractivity contribution in [3.8, 4) is 0 Å². The Hall–Kier alpha value is -1.41. The summed E-state index contributed by atoms with van der Waals surface area (Å²) < 4.78 is 25.9. The molecule has 0 aromatic carbocycles. The van der Waals surface area contributed by atoms with Crippen LogP contribution >= 0.6 is 0 Å². The predicted octanol–water partition coefficient (Wildman–Crippen LogP) is 0.825. The molecule has 0 amide bonds. The molecule has 7 nitrogen and oxygen atoms in total. The van der Waals surface area contributed by atoms with Crippen molar-refractivity contribution >= 4 is 16.0 Å². The van der Waals surface area contributed by atoms with E-state index in [0.717, 1.165) is 0 Å². The zero-order valence-corrected chi connectivity index (χ0v) is 12.0. The van der Waals surface area contributed by atoms with Gasteiger partial charge in [-0.1, -0.05) is 20.8 Å². The van der Waals surface area contributed by atoms with Gasteiger partial charge in [-0.15, -0.1) is 0 Å². The Balaban J connectivity index is 2.70. The smallest absolute Gasteiger partial charge is 0.307 e. The zero-order valence-electron chi connectivity index (χ0n) is 11.2. The minimum absolute atomic E-state index is 0.00704. The van der Waals surface area contributed by atoms with Crippen LogP contribution in [0.2, 0.25) is 0 Å². The van der Waals surface area contributed by atoms with E-state index in [1.54, 1.807) is 0 Å². The van der Waals surface area contributed by atoms with Crippen molar-refractivity contribution in [1.29, 1.82) is 0 Å². The number of carboxylic acid groups (broad SMARTS) is 1. The lowest BCUT2D eigenvalue weighted by Gasteiger charge is -2.23. The minimum atomic E-state index is -3.71. The molecule has 0 aliphatic rings. The van der Waals surface area contributed by atoms with Gasteiger partial charge in [0, 0.05) is 12.7 Å². The molecule has 0 saturated heterocycles. The van der Waals surface area contributed by atoms with Gasteiger partial charge in [0.15, 0.2) is 0 Å². The van der Waals surface area contributed by atoms with Gasteiger partial charge in [0.05, 0.1) is 12.1 Å². The average Bonchev–Trinajstić information content (AvgIpc) is 2.76. The highest BCUT2D eigenvalue weighted by molar-refractivity contribution is 7.89. The second-order valence-corrected chi connectivity index (χ2v) is 7.35. The second kappa shape index (κ2) is 5.70. The van der Waals surface area contributed by atoms with Crippen LogP contribution in [0.3, 0.4) is 0 Å². The molecule has 3 N–H and O–H groups in total. The summed E-state index contributed by atoms with van der Waals surface area (Å²) in [6.45, 7) is 5.59. The number of nitrogens with zero attached hydrogens (tertiary/aromatic N) is 1. The van der Waals surface area contributed by atoms with Gasteiger partial charge in [-0.3, -0.25) is 9.89 Å². The van der Waals surface area contributed by atoms with Crippen LogP contribution in [-0.4, -0.2) is 36.2 Å². The number of aromatic amines is 1. The maximum absolute atomic E-state index is 11.8. The van der Waals surface area contributed by atoms with Crippen molar-refractivity contribution < 1.29 is 18.3 Å². The van der Waals surface area contributed by atoms with E-state index < -0.39 is 21.9 Å². The Labute approximate surface area is 112 Å². The summed E-state index contributed by atoms with van der Waals surface area (Å²) in [6, 6.07) is 0. The quantitative estimate of drug-likeness (QED) is 0.718. The lowest BCUT2D eigenvalue weighted by Crippen LogP contribution is -2.34. The summed E-state index contributed by atoms with van der Waals surface area (Å²) in [5, 5.41) is 15.1. The van der Waals surface area contributed by atoms with E-state index in [4.69, 9.17) is 5.11 Å². The average molecular weight is 289 g/mol. The molecular formula is C11H19N3O4S.